The first-order chi connectivity index (χ1) is 14.1. The molecule has 0 atom stereocenters. The molecule has 4 aromatic rings. The van der Waals surface area contributed by atoms with Gasteiger partial charge in [0.25, 0.3) is 5.91 Å². The van der Waals surface area contributed by atoms with Crippen LogP contribution in [-0.4, -0.2) is 30.9 Å². The summed E-state index contributed by atoms with van der Waals surface area (Å²) >= 11 is 2.65. The molecular formula is C18H15FN6O2S2. The molecular weight excluding hydrogens is 415 g/mol. The first kappa shape index (κ1) is 19.3. The number of nitrogens with one attached hydrogen (secondary N) is 1. The number of anilines is 1. The van der Waals surface area contributed by atoms with E-state index in [1.165, 1.54) is 47.4 Å². The van der Waals surface area contributed by atoms with Crippen LogP contribution in [0, 0.1) is 5.82 Å². The second-order valence-corrected chi connectivity index (χ2v) is 7.78. The number of aromatic nitrogens is 5. The summed E-state index contributed by atoms with van der Waals surface area (Å²) in [6.07, 6.45) is 1.59. The standard InChI is InChI=1S/C18H15FN6O2S2/c1-2-25-15(13-4-3-9-27-13)22-24-18(25)28-10-14-21-23-17(29-14)16(26)20-12-7-5-11(19)6-8-12/h3-9H,2,10H2,1H3,(H,20,26). The Morgan fingerprint density at radius 3 is 2.76 bits per heavy atom. The Morgan fingerprint density at radius 2 is 2.03 bits per heavy atom. The van der Waals surface area contributed by atoms with Crippen LogP contribution in [0.3, 0.4) is 0 Å². The van der Waals surface area contributed by atoms with E-state index in [0.29, 0.717) is 34.6 Å². The van der Waals surface area contributed by atoms with E-state index >= 15 is 0 Å². The average molecular weight is 430 g/mol. The Balaban J connectivity index is 1.41. The Morgan fingerprint density at radius 1 is 1.21 bits per heavy atom. The normalized spacial score (nSPS) is 11.0. The number of carbonyl (C=O) groups excluding carboxylic acids is 1. The Kier molecular flexibility index (Phi) is 5.67. The van der Waals surface area contributed by atoms with Gasteiger partial charge in [0.05, 0.1) is 12.0 Å². The maximum Gasteiger partial charge on any atom is 0.286 e. The van der Waals surface area contributed by atoms with Crippen LogP contribution in [0.4, 0.5) is 10.1 Å². The third-order valence-electron chi connectivity index (χ3n) is 3.86. The van der Waals surface area contributed by atoms with Gasteiger partial charge in [-0.1, -0.05) is 23.1 Å². The molecule has 1 N–H and O–H groups in total. The van der Waals surface area contributed by atoms with E-state index in [-0.39, 0.29) is 16.7 Å². The minimum Gasteiger partial charge on any atom is -0.461 e. The fraction of sp³-hybridized carbons (Fsp3) is 0.167. The van der Waals surface area contributed by atoms with Crippen molar-refractivity contribution < 1.29 is 13.6 Å². The van der Waals surface area contributed by atoms with Crippen LogP contribution in [0.25, 0.3) is 11.6 Å². The lowest BCUT2D eigenvalue weighted by Crippen LogP contribution is -2.11. The third-order valence-corrected chi connectivity index (χ3v) is 5.95. The number of carbonyl (C=O) groups is 1. The molecule has 29 heavy (non-hydrogen) atoms. The zero-order valence-electron chi connectivity index (χ0n) is 15.2. The van der Waals surface area contributed by atoms with Crippen LogP contribution in [0.5, 0.6) is 0 Å². The molecule has 0 saturated heterocycles. The van der Waals surface area contributed by atoms with Crippen LogP contribution < -0.4 is 5.32 Å². The van der Waals surface area contributed by atoms with Crippen LogP contribution in [0.1, 0.15) is 21.7 Å². The molecule has 1 aromatic carbocycles. The van der Waals surface area contributed by atoms with Crippen molar-refractivity contribution in [2.24, 2.45) is 0 Å². The smallest absolute Gasteiger partial charge is 0.286 e. The van der Waals surface area contributed by atoms with Crippen molar-refractivity contribution in [2.45, 2.75) is 24.4 Å². The molecule has 148 valence electrons. The predicted molar refractivity (Wildman–Crippen MR) is 107 cm³/mol. The van der Waals surface area contributed by atoms with Crippen molar-refractivity contribution >= 4 is 34.7 Å². The first-order valence-corrected chi connectivity index (χ1v) is 10.4. The van der Waals surface area contributed by atoms with E-state index in [1.54, 1.807) is 12.3 Å². The van der Waals surface area contributed by atoms with Gasteiger partial charge in [0, 0.05) is 12.2 Å². The van der Waals surface area contributed by atoms with E-state index < -0.39 is 0 Å². The Hall–Kier alpha value is -3.05. The summed E-state index contributed by atoms with van der Waals surface area (Å²) in [6, 6.07) is 9.16. The van der Waals surface area contributed by atoms with E-state index in [1.807, 2.05) is 17.6 Å². The van der Waals surface area contributed by atoms with Crippen LogP contribution in [0.15, 0.2) is 52.2 Å². The lowest BCUT2D eigenvalue weighted by Gasteiger charge is -2.04. The summed E-state index contributed by atoms with van der Waals surface area (Å²) in [5.41, 5.74) is 0.490. The third kappa shape index (κ3) is 4.35. The first-order valence-electron chi connectivity index (χ1n) is 8.63. The number of nitrogens with zero attached hydrogens (tertiary/aromatic N) is 5. The minimum absolute atomic E-state index is 0.234. The van der Waals surface area contributed by atoms with Crippen molar-refractivity contribution in [3.05, 3.63) is 58.5 Å². The maximum absolute atomic E-state index is 13.0. The highest BCUT2D eigenvalue weighted by Gasteiger charge is 2.17. The highest BCUT2D eigenvalue weighted by atomic mass is 32.2. The highest BCUT2D eigenvalue weighted by Crippen LogP contribution is 2.27. The minimum atomic E-state index is -0.387. The number of thioether (sulfide) groups is 1. The van der Waals surface area contributed by atoms with Gasteiger partial charge in [0.15, 0.2) is 16.7 Å². The summed E-state index contributed by atoms with van der Waals surface area (Å²) in [5, 5.41) is 20.8. The summed E-state index contributed by atoms with van der Waals surface area (Å²) in [5.74, 6) is 1.06. The van der Waals surface area contributed by atoms with E-state index in [0.717, 1.165) is 5.16 Å². The molecule has 3 aromatic heterocycles. The van der Waals surface area contributed by atoms with Crippen molar-refractivity contribution in [1.29, 1.82) is 0 Å². The largest absolute Gasteiger partial charge is 0.461 e. The van der Waals surface area contributed by atoms with Crippen molar-refractivity contribution in [3.63, 3.8) is 0 Å². The number of hydrogen-bond donors (Lipinski definition) is 1. The number of furan rings is 1. The van der Waals surface area contributed by atoms with Gasteiger partial charge in [-0.3, -0.25) is 9.36 Å². The van der Waals surface area contributed by atoms with Gasteiger partial charge in [-0.2, -0.15) is 0 Å². The number of halogens is 1. The van der Waals surface area contributed by atoms with Gasteiger partial charge in [-0.15, -0.1) is 20.4 Å². The molecule has 0 unspecified atom stereocenters. The molecule has 0 bridgehead atoms. The summed E-state index contributed by atoms with van der Waals surface area (Å²) in [4.78, 5) is 12.3. The molecule has 0 fully saturated rings. The lowest BCUT2D eigenvalue weighted by atomic mass is 10.3. The van der Waals surface area contributed by atoms with E-state index in [4.69, 9.17) is 4.42 Å². The van der Waals surface area contributed by atoms with Gasteiger partial charge in [0.2, 0.25) is 5.01 Å². The molecule has 8 nitrogen and oxygen atoms in total. The van der Waals surface area contributed by atoms with Gasteiger partial charge in [-0.05, 0) is 43.3 Å². The molecule has 11 heteroatoms. The molecule has 0 radical (unpaired) electrons. The van der Waals surface area contributed by atoms with Gasteiger partial charge in [0.1, 0.15) is 10.8 Å². The monoisotopic (exact) mass is 430 g/mol. The average Bonchev–Trinajstić information content (AvgIpc) is 3.47. The molecule has 4 rings (SSSR count). The molecule has 0 aliphatic carbocycles. The molecule has 1 amide bonds. The van der Waals surface area contributed by atoms with Gasteiger partial charge >= 0.3 is 0 Å². The summed E-state index contributed by atoms with van der Waals surface area (Å²) in [7, 11) is 0. The number of benzene rings is 1. The molecule has 0 saturated carbocycles. The summed E-state index contributed by atoms with van der Waals surface area (Å²) in [6.45, 7) is 2.69. The summed E-state index contributed by atoms with van der Waals surface area (Å²) < 4.78 is 20.3. The van der Waals surface area contributed by atoms with Gasteiger partial charge < -0.3 is 9.73 Å². The second-order valence-electron chi connectivity index (χ2n) is 5.78. The SMILES string of the molecule is CCn1c(SCc2nnc(C(=O)Nc3ccc(F)cc3)s2)nnc1-c1ccco1. The molecule has 0 spiro atoms. The predicted octanol–water partition coefficient (Wildman–Crippen LogP) is 4.09. The molecule has 0 aliphatic heterocycles. The molecule has 0 aliphatic rings. The van der Waals surface area contributed by atoms with Crippen LogP contribution in [0.2, 0.25) is 0 Å². The lowest BCUT2D eigenvalue weighted by molar-refractivity contribution is 0.102. The van der Waals surface area contributed by atoms with Crippen molar-refractivity contribution in [2.75, 3.05) is 5.32 Å². The van der Waals surface area contributed by atoms with Crippen molar-refractivity contribution in [1.82, 2.24) is 25.0 Å². The number of rotatable bonds is 7. The Bertz CT molecular complexity index is 1110. The maximum atomic E-state index is 13.0. The fourth-order valence-corrected chi connectivity index (χ4v) is 4.24. The van der Waals surface area contributed by atoms with Crippen LogP contribution >= 0.6 is 23.1 Å². The van der Waals surface area contributed by atoms with E-state index in [2.05, 4.69) is 25.7 Å². The zero-order valence-corrected chi connectivity index (χ0v) is 16.8. The van der Waals surface area contributed by atoms with Crippen LogP contribution in [-0.2, 0) is 12.3 Å². The number of amides is 1. The second kappa shape index (κ2) is 8.53. The quantitative estimate of drug-likeness (QED) is 0.441. The van der Waals surface area contributed by atoms with Gasteiger partial charge in [-0.25, -0.2) is 4.39 Å². The van der Waals surface area contributed by atoms with Crippen molar-refractivity contribution in [3.8, 4) is 11.6 Å². The molecule has 3 heterocycles. The zero-order chi connectivity index (χ0) is 20.2. The topological polar surface area (TPSA) is 98.7 Å². The number of hydrogen-bond acceptors (Lipinski definition) is 8. The fourth-order valence-electron chi connectivity index (χ4n) is 2.52. The highest BCUT2D eigenvalue weighted by molar-refractivity contribution is 7.98. The van der Waals surface area contributed by atoms with E-state index in [9.17, 15) is 9.18 Å². The Labute approximate surface area is 173 Å².